The molecule has 31 heavy (non-hydrogen) atoms. The molecule has 0 aromatic heterocycles. The molecule has 2 fully saturated rings. The molecule has 1 aromatic rings. The van der Waals surface area contributed by atoms with Gasteiger partial charge in [0.15, 0.2) is 0 Å². The molecule has 12 heteroatoms. The number of nitrogens with one attached hydrogen (secondary N) is 1. The second-order valence-corrected chi connectivity index (χ2v) is 11.5. The van der Waals surface area contributed by atoms with Gasteiger partial charge in [-0.05, 0) is 37.1 Å². The van der Waals surface area contributed by atoms with Gasteiger partial charge in [-0.3, -0.25) is 4.79 Å². The Labute approximate surface area is 183 Å². The Bertz CT molecular complexity index is 959. The van der Waals surface area contributed by atoms with Crippen LogP contribution in [0.4, 0.5) is 0 Å². The summed E-state index contributed by atoms with van der Waals surface area (Å²) < 4.78 is 62.1. The van der Waals surface area contributed by atoms with E-state index in [-0.39, 0.29) is 36.4 Å². The summed E-state index contributed by atoms with van der Waals surface area (Å²) in [5.41, 5.74) is 0. The number of piperidine rings is 1. The van der Waals surface area contributed by atoms with Crippen molar-refractivity contribution in [3.63, 3.8) is 0 Å². The van der Waals surface area contributed by atoms with Gasteiger partial charge in [-0.15, -0.1) is 0 Å². The summed E-state index contributed by atoms with van der Waals surface area (Å²) in [6.45, 7) is 2.57. The molecule has 0 saturated carbocycles. The van der Waals surface area contributed by atoms with E-state index in [1.807, 2.05) is 0 Å². The highest BCUT2D eigenvalue weighted by atomic mass is 32.2. The number of benzene rings is 1. The molecule has 1 amide bonds. The Kier molecular flexibility index (Phi) is 7.92. The monoisotopic (exact) mass is 475 g/mol. The Morgan fingerprint density at radius 2 is 1.77 bits per heavy atom. The van der Waals surface area contributed by atoms with E-state index < -0.39 is 20.0 Å². The van der Waals surface area contributed by atoms with Crippen LogP contribution in [0.1, 0.15) is 12.8 Å². The van der Waals surface area contributed by atoms with Crippen molar-refractivity contribution in [2.24, 2.45) is 5.92 Å². The fourth-order valence-electron chi connectivity index (χ4n) is 3.59. The molecule has 2 heterocycles. The van der Waals surface area contributed by atoms with Crippen molar-refractivity contribution in [2.75, 3.05) is 58.8 Å². The SMILES string of the molecule is CS(=O)(=O)N1CCC[C@H](C(=O)NCCOc2ccc(S(=O)(=O)N3CCOCC3)cc2)C1. The van der Waals surface area contributed by atoms with Crippen LogP contribution in [0.3, 0.4) is 0 Å². The largest absolute Gasteiger partial charge is 0.492 e. The van der Waals surface area contributed by atoms with Crippen LogP contribution in [0.25, 0.3) is 0 Å². The van der Waals surface area contributed by atoms with Crippen molar-refractivity contribution < 1.29 is 31.1 Å². The van der Waals surface area contributed by atoms with Crippen molar-refractivity contribution in [3.8, 4) is 5.75 Å². The van der Waals surface area contributed by atoms with Crippen molar-refractivity contribution in [3.05, 3.63) is 24.3 Å². The summed E-state index contributed by atoms with van der Waals surface area (Å²) in [6, 6.07) is 6.17. The Balaban J connectivity index is 1.44. The second kappa shape index (κ2) is 10.3. The number of hydrogen-bond acceptors (Lipinski definition) is 7. The summed E-state index contributed by atoms with van der Waals surface area (Å²) in [7, 11) is -6.85. The highest BCUT2D eigenvalue weighted by Gasteiger charge is 2.30. The van der Waals surface area contributed by atoms with Crippen LogP contribution in [0.5, 0.6) is 5.75 Å². The topological polar surface area (TPSA) is 122 Å². The van der Waals surface area contributed by atoms with Crippen molar-refractivity contribution >= 4 is 26.0 Å². The highest BCUT2D eigenvalue weighted by molar-refractivity contribution is 7.89. The minimum Gasteiger partial charge on any atom is -0.492 e. The molecule has 0 unspecified atom stereocenters. The smallest absolute Gasteiger partial charge is 0.243 e. The van der Waals surface area contributed by atoms with Gasteiger partial charge in [0.2, 0.25) is 26.0 Å². The minimum atomic E-state index is -3.55. The van der Waals surface area contributed by atoms with Gasteiger partial charge in [-0.1, -0.05) is 0 Å². The van der Waals surface area contributed by atoms with Crippen LogP contribution in [0.15, 0.2) is 29.2 Å². The summed E-state index contributed by atoms with van der Waals surface area (Å²) in [5, 5.41) is 2.77. The summed E-state index contributed by atoms with van der Waals surface area (Å²) in [6.07, 6.45) is 2.46. The number of morpholine rings is 1. The molecule has 2 saturated heterocycles. The molecule has 10 nitrogen and oxygen atoms in total. The van der Waals surface area contributed by atoms with Gasteiger partial charge < -0.3 is 14.8 Å². The fraction of sp³-hybridized carbons (Fsp3) is 0.632. The van der Waals surface area contributed by atoms with Crippen LogP contribution in [-0.4, -0.2) is 90.2 Å². The molecule has 174 valence electrons. The zero-order chi connectivity index (χ0) is 22.5. The van der Waals surface area contributed by atoms with Gasteiger partial charge in [0.1, 0.15) is 12.4 Å². The molecule has 0 spiro atoms. The van der Waals surface area contributed by atoms with E-state index in [9.17, 15) is 21.6 Å². The first-order valence-corrected chi connectivity index (χ1v) is 13.5. The number of sulfonamides is 2. The van der Waals surface area contributed by atoms with E-state index in [0.717, 1.165) is 6.26 Å². The zero-order valence-corrected chi connectivity index (χ0v) is 19.2. The van der Waals surface area contributed by atoms with Crippen LogP contribution >= 0.6 is 0 Å². The van der Waals surface area contributed by atoms with E-state index in [1.54, 1.807) is 12.1 Å². The van der Waals surface area contributed by atoms with E-state index in [1.165, 1.54) is 20.7 Å². The number of carbonyl (C=O) groups is 1. The predicted octanol–water partition coefficient (Wildman–Crippen LogP) is -0.126. The molecular weight excluding hydrogens is 446 g/mol. The van der Waals surface area contributed by atoms with Gasteiger partial charge in [0.05, 0.1) is 36.8 Å². The third kappa shape index (κ3) is 6.39. The maximum atomic E-state index is 12.6. The Hall–Kier alpha value is -1.73. The average molecular weight is 476 g/mol. The summed E-state index contributed by atoms with van der Waals surface area (Å²) in [5.74, 6) is -0.0619. The molecule has 1 aromatic carbocycles. The van der Waals surface area contributed by atoms with Crippen molar-refractivity contribution in [1.29, 1.82) is 0 Å². The van der Waals surface area contributed by atoms with Crippen molar-refractivity contribution in [2.45, 2.75) is 17.7 Å². The van der Waals surface area contributed by atoms with Gasteiger partial charge in [-0.2, -0.15) is 4.31 Å². The molecular formula is C19H29N3O7S2. The second-order valence-electron chi connectivity index (χ2n) is 7.59. The third-order valence-corrected chi connectivity index (χ3v) is 8.51. The highest BCUT2D eigenvalue weighted by Crippen LogP contribution is 2.21. The maximum Gasteiger partial charge on any atom is 0.243 e. The van der Waals surface area contributed by atoms with E-state index >= 15 is 0 Å². The fourth-order valence-corrected chi connectivity index (χ4v) is 5.91. The summed E-state index contributed by atoms with van der Waals surface area (Å²) >= 11 is 0. The predicted molar refractivity (Wildman–Crippen MR) is 114 cm³/mol. The van der Waals surface area contributed by atoms with Gasteiger partial charge in [0.25, 0.3) is 0 Å². The van der Waals surface area contributed by atoms with E-state index in [0.29, 0.717) is 51.4 Å². The molecule has 1 atom stereocenters. The Morgan fingerprint density at radius 3 is 2.42 bits per heavy atom. The van der Waals surface area contributed by atoms with Crippen LogP contribution in [0.2, 0.25) is 0 Å². The lowest BCUT2D eigenvalue weighted by Crippen LogP contribution is -2.45. The maximum absolute atomic E-state index is 12.6. The van der Waals surface area contributed by atoms with Crippen LogP contribution in [-0.2, 0) is 29.6 Å². The standard InChI is InChI=1S/C19H29N3O7S2/c1-30(24,25)22-9-2-3-16(15-22)19(23)20-8-12-29-17-4-6-18(7-5-17)31(26,27)21-10-13-28-14-11-21/h4-7,16H,2-3,8-15H2,1H3,(H,20,23)/t16-/m0/s1. The third-order valence-electron chi connectivity index (χ3n) is 5.33. The van der Waals surface area contributed by atoms with Gasteiger partial charge >= 0.3 is 0 Å². The molecule has 0 bridgehead atoms. The van der Waals surface area contributed by atoms with E-state index in [4.69, 9.17) is 9.47 Å². The molecule has 1 N–H and O–H groups in total. The molecule has 3 rings (SSSR count). The van der Waals surface area contributed by atoms with Crippen LogP contribution < -0.4 is 10.1 Å². The molecule has 2 aliphatic rings. The number of nitrogens with zero attached hydrogens (tertiary/aromatic N) is 2. The average Bonchev–Trinajstić information content (AvgIpc) is 2.77. The molecule has 2 aliphatic heterocycles. The first-order chi connectivity index (χ1) is 14.7. The molecule has 0 aliphatic carbocycles. The first kappa shape index (κ1) is 23.9. The first-order valence-electron chi connectivity index (χ1n) is 10.2. The summed E-state index contributed by atoms with van der Waals surface area (Å²) in [4.78, 5) is 12.5. The lowest BCUT2D eigenvalue weighted by molar-refractivity contribution is -0.126. The van der Waals surface area contributed by atoms with E-state index in [2.05, 4.69) is 5.32 Å². The number of amides is 1. The lowest BCUT2D eigenvalue weighted by atomic mass is 9.99. The lowest BCUT2D eigenvalue weighted by Gasteiger charge is -2.30. The Morgan fingerprint density at radius 1 is 1.10 bits per heavy atom. The zero-order valence-electron chi connectivity index (χ0n) is 17.5. The van der Waals surface area contributed by atoms with Gasteiger partial charge in [-0.25, -0.2) is 21.1 Å². The number of hydrogen-bond donors (Lipinski definition) is 1. The number of rotatable bonds is 8. The normalized spacial score (nSPS) is 21.5. The van der Waals surface area contributed by atoms with Crippen molar-refractivity contribution in [1.82, 2.24) is 13.9 Å². The number of ether oxygens (including phenoxy) is 2. The van der Waals surface area contributed by atoms with Crippen LogP contribution in [0, 0.1) is 5.92 Å². The number of carbonyl (C=O) groups excluding carboxylic acids is 1. The minimum absolute atomic E-state index is 0.191. The quantitative estimate of drug-likeness (QED) is 0.520. The molecule has 0 radical (unpaired) electrons. The van der Waals surface area contributed by atoms with Gasteiger partial charge in [0, 0.05) is 26.2 Å².